The van der Waals surface area contributed by atoms with Crippen LogP contribution >= 0.6 is 0 Å². The molecule has 0 radical (unpaired) electrons. The van der Waals surface area contributed by atoms with Crippen LogP contribution in [0.2, 0.25) is 0 Å². The first-order chi connectivity index (χ1) is 12.1. The Kier molecular flexibility index (Phi) is 4.06. The number of fused-ring (bicyclic) bond motifs is 2. The van der Waals surface area contributed by atoms with Gasteiger partial charge in [-0.15, -0.1) is 0 Å². The lowest BCUT2D eigenvalue weighted by Crippen LogP contribution is -2.26. The Bertz CT molecular complexity index is 860. The number of halogens is 1. The molecule has 1 N–H and O–H groups in total. The standard InChI is InChI=1S/C21H23FN2O/c1-12(21(25)23-2)13-7-14-9-16(10-15(14)8-13)18-5-6-24-20-4-3-17(22)11-19(18)20/h3-7,11-12,14-16H,8-10H2,1-2H3,(H,23,25). The second-order valence-corrected chi connectivity index (χ2v) is 7.44. The van der Waals surface area contributed by atoms with Gasteiger partial charge < -0.3 is 5.32 Å². The van der Waals surface area contributed by atoms with Crippen molar-refractivity contribution in [3.8, 4) is 0 Å². The van der Waals surface area contributed by atoms with Crippen LogP contribution in [0.1, 0.15) is 37.7 Å². The van der Waals surface area contributed by atoms with Gasteiger partial charge in [-0.1, -0.05) is 11.6 Å². The quantitative estimate of drug-likeness (QED) is 0.853. The average molecular weight is 338 g/mol. The molecule has 1 aromatic heterocycles. The highest BCUT2D eigenvalue weighted by Gasteiger charge is 2.39. The molecule has 1 saturated carbocycles. The number of aromatic nitrogens is 1. The predicted molar refractivity (Wildman–Crippen MR) is 96.6 cm³/mol. The van der Waals surface area contributed by atoms with E-state index in [-0.39, 0.29) is 17.6 Å². The maximum Gasteiger partial charge on any atom is 0.226 e. The van der Waals surface area contributed by atoms with E-state index in [9.17, 15) is 9.18 Å². The molecule has 25 heavy (non-hydrogen) atoms. The molecular weight excluding hydrogens is 315 g/mol. The Balaban J connectivity index is 1.58. The minimum Gasteiger partial charge on any atom is -0.359 e. The van der Waals surface area contributed by atoms with Gasteiger partial charge in [0.25, 0.3) is 0 Å². The summed E-state index contributed by atoms with van der Waals surface area (Å²) in [7, 11) is 1.69. The third kappa shape index (κ3) is 2.84. The second kappa shape index (κ2) is 6.25. The zero-order chi connectivity index (χ0) is 17.6. The number of allylic oxidation sites excluding steroid dienone is 1. The lowest BCUT2D eigenvalue weighted by atomic mass is 9.90. The number of amides is 1. The van der Waals surface area contributed by atoms with Crippen molar-refractivity contribution in [1.82, 2.24) is 10.3 Å². The summed E-state index contributed by atoms with van der Waals surface area (Å²) in [5.74, 6) is 1.42. The highest BCUT2D eigenvalue weighted by Crippen LogP contribution is 2.51. The normalized spacial score (nSPS) is 26.4. The molecule has 4 atom stereocenters. The summed E-state index contributed by atoms with van der Waals surface area (Å²) in [6.45, 7) is 1.99. The van der Waals surface area contributed by atoms with Gasteiger partial charge in [0.2, 0.25) is 5.91 Å². The van der Waals surface area contributed by atoms with Gasteiger partial charge in [0, 0.05) is 18.6 Å². The van der Waals surface area contributed by atoms with Crippen LogP contribution in [0.15, 0.2) is 42.1 Å². The molecule has 2 aliphatic rings. The van der Waals surface area contributed by atoms with Crippen LogP contribution in [-0.2, 0) is 4.79 Å². The minimum absolute atomic E-state index is 0.0371. The monoisotopic (exact) mass is 338 g/mol. The number of benzene rings is 1. The van der Waals surface area contributed by atoms with E-state index in [0.29, 0.717) is 17.8 Å². The number of rotatable bonds is 3. The molecule has 2 aliphatic carbocycles. The fourth-order valence-corrected chi connectivity index (χ4v) is 4.70. The van der Waals surface area contributed by atoms with Crippen molar-refractivity contribution >= 4 is 16.8 Å². The number of pyridine rings is 1. The molecule has 2 aromatic rings. The third-order valence-electron chi connectivity index (χ3n) is 6.05. The number of hydrogen-bond donors (Lipinski definition) is 1. The minimum atomic E-state index is -0.207. The fraction of sp³-hybridized carbons (Fsp3) is 0.429. The van der Waals surface area contributed by atoms with Crippen molar-refractivity contribution in [3.63, 3.8) is 0 Å². The number of hydrogen-bond acceptors (Lipinski definition) is 2. The van der Waals surface area contributed by atoms with E-state index in [0.717, 1.165) is 30.2 Å². The molecule has 4 unspecified atom stereocenters. The van der Waals surface area contributed by atoms with E-state index < -0.39 is 0 Å². The smallest absolute Gasteiger partial charge is 0.226 e. The first-order valence-electron chi connectivity index (χ1n) is 9.03. The largest absolute Gasteiger partial charge is 0.359 e. The van der Waals surface area contributed by atoms with Crippen molar-refractivity contribution in [2.24, 2.45) is 17.8 Å². The maximum absolute atomic E-state index is 13.7. The van der Waals surface area contributed by atoms with E-state index in [1.54, 1.807) is 19.2 Å². The molecule has 1 amide bonds. The first kappa shape index (κ1) is 16.2. The molecule has 0 aliphatic heterocycles. The van der Waals surface area contributed by atoms with Crippen molar-refractivity contribution in [3.05, 3.63) is 53.5 Å². The van der Waals surface area contributed by atoms with Crippen LogP contribution in [0.5, 0.6) is 0 Å². The van der Waals surface area contributed by atoms with E-state index >= 15 is 0 Å². The number of nitrogens with one attached hydrogen (secondary N) is 1. The summed E-state index contributed by atoms with van der Waals surface area (Å²) in [5.41, 5.74) is 3.35. The van der Waals surface area contributed by atoms with Crippen LogP contribution < -0.4 is 5.32 Å². The highest BCUT2D eigenvalue weighted by atomic mass is 19.1. The van der Waals surface area contributed by atoms with Crippen molar-refractivity contribution in [2.75, 3.05) is 7.05 Å². The van der Waals surface area contributed by atoms with Gasteiger partial charge in [-0.25, -0.2) is 4.39 Å². The molecule has 130 valence electrons. The summed E-state index contributed by atoms with van der Waals surface area (Å²) in [6.07, 6.45) is 7.34. The zero-order valence-corrected chi connectivity index (χ0v) is 14.6. The average Bonchev–Trinajstić information content (AvgIpc) is 3.18. The topological polar surface area (TPSA) is 42.0 Å². The Morgan fingerprint density at radius 3 is 2.92 bits per heavy atom. The lowest BCUT2D eigenvalue weighted by molar-refractivity contribution is -0.122. The molecule has 0 spiro atoms. The van der Waals surface area contributed by atoms with E-state index in [2.05, 4.69) is 16.4 Å². The summed E-state index contributed by atoms with van der Waals surface area (Å²) >= 11 is 0. The first-order valence-corrected chi connectivity index (χ1v) is 9.03. The van der Waals surface area contributed by atoms with Crippen LogP contribution in [0, 0.1) is 23.6 Å². The van der Waals surface area contributed by atoms with E-state index in [1.807, 2.05) is 19.2 Å². The Hall–Kier alpha value is -2.23. The molecule has 3 nitrogen and oxygen atoms in total. The zero-order valence-electron chi connectivity index (χ0n) is 14.6. The van der Waals surface area contributed by atoms with Crippen LogP contribution in [0.4, 0.5) is 4.39 Å². The van der Waals surface area contributed by atoms with Crippen molar-refractivity contribution in [1.29, 1.82) is 0 Å². The van der Waals surface area contributed by atoms with Gasteiger partial charge in [-0.05, 0) is 73.8 Å². The fourth-order valence-electron chi connectivity index (χ4n) is 4.70. The van der Waals surface area contributed by atoms with E-state index in [1.165, 1.54) is 17.2 Å². The van der Waals surface area contributed by atoms with Gasteiger partial charge in [0.1, 0.15) is 5.82 Å². The maximum atomic E-state index is 13.7. The van der Waals surface area contributed by atoms with Crippen molar-refractivity contribution in [2.45, 2.75) is 32.1 Å². The lowest BCUT2D eigenvalue weighted by Gasteiger charge is -2.16. The number of carbonyl (C=O) groups is 1. The van der Waals surface area contributed by atoms with Gasteiger partial charge in [-0.3, -0.25) is 9.78 Å². The van der Waals surface area contributed by atoms with E-state index in [4.69, 9.17) is 0 Å². The second-order valence-electron chi connectivity index (χ2n) is 7.44. The molecule has 4 heteroatoms. The number of carbonyl (C=O) groups excluding carboxylic acids is 1. The summed E-state index contributed by atoms with van der Waals surface area (Å²) in [6, 6.07) is 6.89. The number of nitrogens with zero attached hydrogens (tertiary/aromatic N) is 1. The Morgan fingerprint density at radius 1 is 1.32 bits per heavy atom. The summed E-state index contributed by atoms with van der Waals surface area (Å²) in [5, 5.41) is 3.69. The molecule has 0 saturated heterocycles. The highest BCUT2D eigenvalue weighted by molar-refractivity contribution is 5.83. The molecule has 4 rings (SSSR count). The molecule has 1 heterocycles. The van der Waals surface area contributed by atoms with Gasteiger partial charge in [0.05, 0.1) is 11.4 Å². The van der Waals surface area contributed by atoms with Crippen LogP contribution in [-0.4, -0.2) is 17.9 Å². The SMILES string of the molecule is CNC(=O)C(C)C1=CC2CC(c3ccnc4ccc(F)cc34)CC2C1. The molecule has 1 fully saturated rings. The summed E-state index contributed by atoms with van der Waals surface area (Å²) in [4.78, 5) is 16.3. The molecular formula is C21H23FN2O. The third-order valence-corrected chi connectivity index (χ3v) is 6.05. The van der Waals surface area contributed by atoms with Gasteiger partial charge in [0.15, 0.2) is 0 Å². The molecule has 1 aromatic carbocycles. The van der Waals surface area contributed by atoms with Gasteiger partial charge >= 0.3 is 0 Å². The Labute approximate surface area is 147 Å². The summed E-state index contributed by atoms with van der Waals surface area (Å²) < 4.78 is 13.7. The van der Waals surface area contributed by atoms with Crippen molar-refractivity contribution < 1.29 is 9.18 Å². The van der Waals surface area contributed by atoms with Crippen LogP contribution in [0.3, 0.4) is 0 Å². The molecule has 0 bridgehead atoms. The van der Waals surface area contributed by atoms with Crippen LogP contribution in [0.25, 0.3) is 10.9 Å². The van der Waals surface area contributed by atoms with Gasteiger partial charge in [-0.2, -0.15) is 0 Å². The Morgan fingerprint density at radius 2 is 2.16 bits per heavy atom. The predicted octanol–water partition coefficient (Wildman–Crippen LogP) is 4.20.